The smallest absolute Gasteiger partial charge is 0.410 e. The minimum absolute atomic E-state index is 0.168. The molecule has 2 amide bonds. The third-order valence-corrected chi connectivity index (χ3v) is 6.20. The number of nitrogens with zero attached hydrogens (tertiary/aromatic N) is 4. The number of hydrogen-bond acceptors (Lipinski definition) is 7. The molecule has 0 spiro atoms. The summed E-state index contributed by atoms with van der Waals surface area (Å²) in [5.41, 5.74) is 2.20. The van der Waals surface area contributed by atoms with Crippen LogP contribution in [0.1, 0.15) is 34.9 Å². The Kier molecular flexibility index (Phi) is 6.00. The molecule has 0 radical (unpaired) electrons. The fourth-order valence-corrected chi connectivity index (χ4v) is 4.76. The molecule has 1 aliphatic rings. The second-order valence-electron chi connectivity index (χ2n) is 6.91. The van der Waals surface area contributed by atoms with Crippen molar-refractivity contribution < 1.29 is 18.7 Å². The van der Waals surface area contributed by atoms with E-state index in [4.69, 9.17) is 9.15 Å². The van der Waals surface area contributed by atoms with Crippen LogP contribution < -0.4 is 4.90 Å². The molecule has 9 heteroatoms. The van der Waals surface area contributed by atoms with Crippen LogP contribution in [0.15, 0.2) is 47.3 Å². The summed E-state index contributed by atoms with van der Waals surface area (Å²) >= 11 is 1.34. The van der Waals surface area contributed by atoms with Gasteiger partial charge in [0.1, 0.15) is 17.7 Å². The Labute approximate surface area is 183 Å². The molecular formula is C22H20N4O4S. The van der Waals surface area contributed by atoms with Gasteiger partial charge in [0.05, 0.1) is 18.4 Å². The van der Waals surface area contributed by atoms with E-state index in [0.717, 1.165) is 16.0 Å². The van der Waals surface area contributed by atoms with E-state index in [0.29, 0.717) is 36.0 Å². The third kappa shape index (κ3) is 4.15. The van der Waals surface area contributed by atoms with E-state index in [-0.39, 0.29) is 18.9 Å². The highest BCUT2D eigenvalue weighted by Crippen LogP contribution is 2.42. The molecule has 0 aromatic carbocycles. The van der Waals surface area contributed by atoms with Crippen molar-refractivity contribution in [3.63, 3.8) is 0 Å². The minimum Gasteiger partial charge on any atom is -0.448 e. The largest absolute Gasteiger partial charge is 0.448 e. The second-order valence-corrected chi connectivity index (χ2v) is 7.99. The lowest BCUT2D eigenvalue weighted by atomic mass is 10.0. The van der Waals surface area contributed by atoms with Gasteiger partial charge < -0.3 is 14.1 Å². The first kappa shape index (κ1) is 20.6. The quantitative estimate of drug-likeness (QED) is 0.589. The van der Waals surface area contributed by atoms with Crippen LogP contribution >= 0.6 is 11.3 Å². The first-order valence-corrected chi connectivity index (χ1v) is 10.7. The Morgan fingerprint density at radius 1 is 1.35 bits per heavy atom. The molecule has 0 saturated carbocycles. The van der Waals surface area contributed by atoms with Gasteiger partial charge in [-0.15, -0.1) is 11.3 Å². The van der Waals surface area contributed by atoms with Gasteiger partial charge in [-0.2, -0.15) is 5.26 Å². The number of aromatic nitrogens is 1. The highest BCUT2D eigenvalue weighted by Gasteiger charge is 2.32. The maximum atomic E-state index is 12.7. The molecule has 0 saturated heterocycles. The maximum absolute atomic E-state index is 12.7. The van der Waals surface area contributed by atoms with Crippen LogP contribution in [0.4, 0.5) is 15.7 Å². The minimum atomic E-state index is -0.413. The van der Waals surface area contributed by atoms with Gasteiger partial charge in [0, 0.05) is 36.3 Å². The number of ether oxygens (including phenoxy) is 1. The summed E-state index contributed by atoms with van der Waals surface area (Å²) in [6, 6.07) is 9.22. The van der Waals surface area contributed by atoms with Gasteiger partial charge in [-0.25, -0.2) is 9.69 Å². The van der Waals surface area contributed by atoms with Crippen LogP contribution in [0.2, 0.25) is 0 Å². The number of nitriles is 1. The highest BCUT2D eigenvalue weighted by atomic mass is 32.1. The van der Waals surface area contributed by atoms with E-state index in [2.05, 4.69) is 11.1 Å². The number of thiophene rings is 1. The van der Waals surface area contributed by atoms with Crippen molar-refractivity contribution in [2.75, 3.05) is 11.4 Å². The van der Waals surface area contributed by atoms with Gasteiger partial charge in [0.15, 0.2) is 0 Å². The summed E-state index contributed by atoms with van der Waals surface area (Å²) in [6.45, 7) is 2.70. The predicted molar refractivity (Wildman–Crippen MR) is 114 cm³/mol. The summed E-state index contributed by atoms with van der Waals surface area (Å²) in [5.74, 6) is 0.203. The van der Waals surface area contributed by atoms with Gasteiger partial charge in [-0.1, -0.05) is 6.92 Å². The lowest BCUT2D eigenvalue weighted by Gasteiger charge is -2.26. The number of pyridine rings is 1. The molecule has 0 unspecified atom stereocenters. The van der Waals surface area contributed by atoms with Crippen LogP contribution in [-0.2, 0) is 29.1 Å². The van der Waals surface area contributed by atoms with E-state index < -0.39 is 6.09 Å². The normalized spacial score (nSPS) is 12.7. The molecule has 8 nitrogen and oxygen atoms in total. The number of furan rings is 1. The number of rotatable bonds is 5. The molecule has 0 aliphatic carbocycles. The highest BCUT2D eigenvalue weighted by molar-refractivity contribution is 7.16. The standard InChI is InChI=1S/C22H20N4O4S/c1-2-19(27)26(20-4-3-11-29-20)21-17(12-23)16-7-10-25(13-18(16)31-21)22(28)30-14-15-5-8-24-9-6-15/h3-6,8-9,11H,2,7,10,13-14H2,1H3. The summed E-state index contributed by atoms with van der Waals surface area (Å²) in [7, 11) is 0. The van der Waals surface area contributed by atoms with Gasteiger partial charge in [-0.05, 0) is 35.7 Å². The molecule has 0 N–H and O–H groups in total. The summed E-state index contributed by atoms with van der Waals surface area (Å²) in [4.78, 5) is 33.1. The van der Waals surface area contributed by atoms with Crippen molar-refractivity contribution in [3.8, 4) is 6.07 Å². The van der Waals surface area contributed by atoms with Crippen molar-refractivity contribution >= 4 is 34.2 Å². The van der Waals surface area contributed by atoms with Gasteiger partial charge >= 0.3 is 6.09 Å². The first-order valence-electron chi connectivity index (χ1n) is 9.84. The topological polar surface area (TPSA) is 99.7 Å². The average Bonchev–Trinajstić information content (AvgIpc) is 3.45. The lowest BCUT2D eigenvalue weighted by molar-refractivity contribution is -0.117. The van der Waals surface area contributed by atoms with Gasteiger partial charge in [0.25, 0.3) is 0 Å². The van der Waals surface area contributed by atoms with E-state index in [1.54, 1.807) is 48.5 Å². The van der Waals surface area contributed by atoms with Crippen LogP contribution in [0, 0.1) is 11.3 Å². The van der Waals surface area contributed by atoms with E-state index >= 15 is 0 Å². The first-order chi connectivity index (χ1) is 15.1. The Hall–Kier alpha value is -3.64. The monoisotopic (exact) mass is 436 g/mol. The Morgan fingerprint density at radius 3 is 2.84 bits per heavy atom. The van der Waals surface area contributed by atoms with Crippen LogP contribution in [0.5, 0.6) is 0 Å². The van der Waals surface area contributed by atoms with Crippen LogP contribution in [0.25, 0.3) is 0 Å². The molecule has 3 aromatic heterocycles. The average molecular weight is 436 g/mol. The van der Waals surface area contributed by atoms with Crippen molar-refractivity contribution in [2.24, 2.45) is 0 Å². The molecule has 158 valence electrons. The zero-order valence-electron chi connectivity index (χ0n) is 16.9. The second kappa shape index (κ2) is 9.02. The zero-order chi connectivity index (χ0) is 21.8. The Balaban J connectivity index is 1.56. The molecule has 4 rings (SSSR count). The number of anilines is 2. The fourth-order valence-electron chi connectivity index (χ4n) is 3.42. The summed E-state index contributed by atoms with van der Waals surface area (Å²) < 4.78 is 10.9. The number of hydrogen-bond donors (Lipinski definition) is 0. The SMILES string of the molecule is CCC(=O)N(c1ccco1)c1sc2c(c1C#N)CCN(C(=O)OCc1ccncc1)C2. The molecule has 4 heterocycles. The van der Waals surface area contributed by atoms with E-state index in [9.17, 15) is 14.9 Å². The van der Waals surface area contributed by atoms with Crippen molar-refractivity contribution in [2.45, 2.75) is 32.9 Å². The molecular weight excluding hydrogens is 416 g/mol. The summed E-state index contributed by atoms with van der Waals surface area (Å²) in [5, 5.41) is 10.4. The number of fused-ring (bicyclic) bond motifs is 1. The Morgan fingerprint density at radius 2 is 2.16 bits per heavy atom. The fraction of sp³-hybridized carbons (Fsp3) is 0.273. The predicted octanol–water partition coefficient (Wildman–Crippen LogP) is 4.38. The zero-order valence-corrected chi connectivity index (χ0v) is 17.7. The van der Waals surface area contributed by atoms with Crippen LogP contribution in [-0.4, -0.2) is 28.4 Å². The van der Waals surface area contributed by atoms with Crippen molar-refractivity contribution in [3.05, 3.63) is 64.5 Å². The molecule has 0 fully saturated rings. The van der Waals surface area contributed by atoms with Crippen molar-refractivity contribution in [1.82, 2.24) is 9.88 Å². The summed E-state index contributed by atoms with van der Waals surface area (Å²) in [6.07, 6.45) is 5.16. The van der Waals surface area contributed by atoms with Crippen LogP contribution in [0.3, 0.4) is 0 Å². The number of carbonyl (C=O) groups excluding carboxylic acids is 2. The van der Waals surface area contributed by atoms with Gasteiger partial charge in [0.2, 0.25) is 11.8 Å². The Bertz CT molecular complexity index is 1120. The lowest BCUT2D eigenvalue weighted by Crippen LogP contribution is -2.35. The molecule has 3 aromatic rings. The number of amides is 2. The molecule has 0 atom stereocenters. The molecule has 0 bridgehead atoms. The third-order valence-electron chi connectivity index (χ3n) is 5.00. The maximum Gasteiger partial charge on any atom is 0.410 e. The van der Waals surface area contributed by atoms with E-state index in [1.807, 2.05) is 0 Å². The molecule has 31 heavy (non-hydrogen) atoms. The van der Waals surface area contributed by atoms with Crippen molar-refractivity contribution in [1.29, 1.82) is 5.26 Å². The van der Waals surface area contributed by atoms with E-state index in [1.165, 1.54) is 22.5 Å². The molecule has 1 aliphatic heterocycles. The number of carbonyl (C=O) groups is 2. The van der Waals surface area contributed by atoms with Gasteiger partial charge in [-0.3, -0.25) is 9.78 Å².